The van der Waals surface area contributed by atoms with E-state index in [0.717, 1.165) is 77.9 Å². The molecular formula is C53H72ClN15O4S. The van der Waals surface area contributed by atoms with E-state index in [1.165, 1.54) is 16.7 Å². The van der Waals surface area contributed by atoms with Crippen LogP contribution in [0.1, 0.15) is 96.0 Å². The predicted octanol–water partition coefficient (Wildman–Crippen LogP) is 5.86. The number of β-amino-alcohol motifs (C(OH)–C–C–N with tert-alkyl or cyclic N) is 1. The number of carbonyl (C=O) groups excluding carboxylic acids is 3. The van der Waals surface area contributed by atoms with E-state index in [2.05, 4.69) is 66.8 Å². The van der Waals surface area contributed by atoms with E-state index in [1.807, 2.05) is 60.8 Å². The molecule has 4 atom stereocenters. The number of likely N-dealkylation sites (tertiary alicyclic amines) is 3. The molecule has 0 aliphatic carbocycles. The van der Waals surface area contributed by atoms with Crippen molar-refractivity contribution in [3.8, 4) is 11.3 Å². The minimum atomic E-state index is -0.868. The lowest BCUT2D eigenvalue weighted by atomic mass is 9.80. The van der Waals surface area contributed by atoms with Crippen LogP contribution in [0.25, 0.3) is 11.3 Å². The molecule has 5 aromatic rings. The van der Waals surface area contributed by atoms with Crippen molar-refractivity contribution in [2.24, 2.45) is 23.0 Å². The molecule has 0 saturated carbocycles. The Morgan fingerprint density at radius 2 is 1.69 bits per heavy atom. The first-order chi connectivity index (χ1) is 35.7. The van der Waals surface area contributed by atoms with Crippen molar-refractivity contribution in [2.75, 3.05) is 69.1 Å². The topological polar surface area (TPSA) is 222 Å². The van der Waals surface area contributed by atoms with Crippen molar-refractivity contribution < 1.29 is 19.5 Å². The maximum Gasteiger partial charge on any atom is 0.248 e. The highest BCUT2D eigenvalue weighted by Gasteiger charge is 2.43. The highest BCUT2D eigenvalue weighted by Crippen LogP contribution is 2.38. The van der Waals surface area contributed by atoms with Gasteiger partial charge in [0.1, 0.15) is 28.7 Å². The number of aromatic nitrogens is 8. The van der Waals surface area contributed by atoms with Crippen LogP contribution in [0.3, 0.4) is 0 Å². The molecule has 0 unspecified atom stereocenters. The summed E-state index contributed by atoms with van der Waals surface area (Å²) in [5.74, 6) is 0.852. The van der Waals surface area contributed by atoms with Gasteiger partial charge in [0.15, 0.2) is 0 Å². The van der Waals surface area contributed by atoms with Crippen molar-refractivity contribution in [1.29, 1.82) is 0 Å². The van der Waals surface area contributed by atoms with Crippen molar-refractivity contribution in [2.45, 2.75) is 126 Å². The summed E-state index contributed by atoms with van der Waals surface area (Å²) in [6.45, 7) is 16.5. The summed E-state index contributed by atoms with van der Waals surface area (Å²) in [7, 11) is 0. The summed E-state index contributed by atoms with van der Waals surface area (Å²) in [5, 5.41) is 31.8. The third-order valence-corrected chi connectivity index (χ3v) is 17.1. The van der Waals surface area contributed by atoms with Crippen LogP contribution in [0.5, 0.6) is 0 Å². The van der Waals surface area contributed by atoms with Gasteiger partial charge in [-0.3, -0.25) is 19.1 Å². The number of hydrogen-bond acceptors (Lipinski definition) is 15. The standard InChI is InChI=1S/C53H72ClN15O4S/c1-6-68-42(11-20-59-68)37-9-7-36(8-10-37)41(61-50(71)43-27-40(70)31-67(43)52(73)48(34(2)3)69-30-35(4)62-63-69)32-64-21-13-38(14-22-64)51(72)66-23-15-39(16-24-66)60-49-47(54)44(12-19-56-49)74-46-29-57-45(28-58-46)65-25-17-53(5,33-55)18-26-65/h7-12,19-20,28-30,34,38-41,43,48,70H,6,13-18,21-27,31-33,55H2,1-5H3,(H,56,60)(H,61,71)/t40-,41+,43+,48+/m1/s1. The molecule has 3 amide bonds. The van der Waals surface area contributed by atoms with Crippen LogP contribution >= 0.6 is 23.4 Å². The van der Waals surface area contributed by atoms with Gasteiger partial charge in [-0.25, -0.2) is 19.6 Å². The van der Waals surface area contributed by atoms with Gasteiger partial charge in [0.25, 0.3) is 0 Å². The van der Waals surface area contributed by atoms with Crippen LogP contribution in [0, 0.1) is 24.2 Å². The quantitative estimate of drug-likeness (QED) is 0.0858. The van der Waals surface area contributed by atoms with Gasteiger partial charge in [0.05, 0.1) is 40.9 Å². The fourth-order valence-electron chi connectivity index (χ4n) is 10.9. The Balaban J connectivity index is 0.793. The minimum absolute atomic E-state index is 0.0507. The zero-order chi connectivity index (χ0) is 52.1. The average Bonchev–Trinajstić information content (AvgIpc) is 4.18. The number of aliphatic hydroxyl groups is 1. The SMILES string of the molecule is CCn1nccc1-c1ccc([C@H](CN2CCC(C(=O)N3CCC(Nc4nccc(Sc5cnc(N6CCC(C)(CN)CC6)cn5)c4Cl)CC3)CC2)NC(=O)[C@@H]2C[C@@H](O)CN2C(=O)[C@H](C(C)C)n2cc(C)nn2)cc1. The van der Waals surface area contributed by atoms with Gasteiger partial charge >= 0.3 is 0 Å². The Morgan fingerprint density at radius 3 is 2.34 bits per heavy atom. The number of piperidine rings is 3. The molecular weight excluding hydrogens is 978 g/mol. The molecule has 4 fully saturated rings. The fourth-order valence-corrected chi connectivity index (χ4v) is 12.0. The highest BCUT2D eigenvalue weighted by molar-refractivity contribution is 7.99. The number of nitrogens with one attached hydrogen (secondary N) is 2. The number of rotatable bonds is 17. The number of benzene rings is 1. The number of pyridine rings is 1. The Hall–Kier alpha value is -5.67. The number of anilines is 2. The second kappa shape index (κ2) is 23.5. The molecule has 1 aromatic carbocycles. The van der Waals surface area contributed by atoms with Crippen LogP contribution < -0.4 is 21.3 Å². The Morgan fingerprint density at radius 1 is 0.946 bits per heavy atom. The van der Waals surface area contributed by atoms with E-state index in [4.69, 9.17) is 27.3 Å². The normalized spacial score (nSPS) is 20.7. The first kappa shape index (κ1) is 53.2. The minimum Gasteiger partial charge on any atom is -0.391 e. The number of amides is 3. The van der Waals surface area contributed by atoms with Crippen LogP contribution in [-0.4, -0.2) is 154 Å². The summed E-state index contributed by atoms with van der Waals surface area (Å²) in [5.41, 5.74) is 9.82. The summed E-state index contributed by atoms with van der Waals surface area (Å²) in [4.78, 5) is 65.7. The van der Waals surface area contributed by atoms with Gasteiger partial charge in [-0.15, -0.1) is 5.10 Å². The van der Waals surface area contributed by atoms with E-state index in [-0.39, 0.29) is 54.0 Å². The van der Waals surface area contributed by atoms with Crippen LogP contribution in [0.2, 0.25) is 5.02 Å². The van der Waals surface area contributed by atoms with E-state index >= 15 is 0 Å². The number of nitrogens with two attached hydrogens (primary N) is 1. The first-order valence-electron chi connectivity index (χ1n) is 26.4. The van der Waals surface area contributed by atoms with Crippen molar-refractivity contribution in [1.82, 2.24) is 59.7 Å². The number of aliphatic hydroxyl groups excluding tert-OH is 1. The Kier molecular flexibility index (Phi) is 16.9. The number of aryl methyl sites for hydroxylation is 2. The Labute approximate surface area is 443 Å². The van der Waals surface area contributed by atoms with E-state index in [1.54, 1.807) is 29.5 Å². The summed E-state index contributed by atoms with van der Waals surface area (Å²) < 4.78 is 3.51. The molecule has 21 heteroatoms. The maximum absolute atomic E-state index is 14.5. The highest BCUT2D eigenvalue weighted by atomic mass is 35.5. The van der Waals surface area contributed by atoms with Crippen molar-refractivity contribution in [3.63, 3.8) is 0 Å². The third-order valence-electron chi connectivity index (χ3n) is 15.6. The van der Waals surface area contributed by atoms with Crippen molar-refractivity contribution in [3.05, 3.63) is 83.7 Å². The molecule has 5 N–H and O–H groups in total. The molecule has 4 aliphatic rings. The largest absolute Gasteiger partial charge is 0.391 e. The zero-order valence-electron chi connectivity index (χ0n) is 43.3. The predicted molar refractivity (Wildman–Crippen MR) is 285 cm³/mol. The van der Waals surface area contributed by atoms with E-state index in [0.29, 0.717) is 68.6 Å². The number of halogens is 1. The third kappa shape index (κ3) is 12.2. The lowest BCUT2D eigenvalue weighted by Gasteiger charge is -2.39. The van der Waals surface area contributed by atoms with Crippen molar-refractivity contribution >= 4 is 52.7 Å². The molecule has 8 heterocycles. The van der Waals surface area contributed by atoms with Crippen LogP contribution in [-0.2, 0) is 20.9 Å². The molecule has 19 nitrogen and oxygen atoms in total. The van der Waals surface area contributed by atoms with E-state index < -0.39 is 24.2 Å². The van der Waals surface area contributed by atoms with Gasteiger partial charge in [-0.2, -0.15) is 5.10 Å². The summed E-state index contributed by atoms with van der Waals surface area (Å²) in [6, 6.07) is 10.2. The molecule has 4 aromatic heterocycles. The monoisotopic (exact) mass is 1050 g/mol. The van der Waals surface area contributed by atoms with Crippen LogP contribution in [0.4, 0.5) is 11.6 Å². The molecule has 396 valence electrons. The molecule has 4 aliphatic heterocycles. The van der Waals surface area contributed by atoms with Gasteiger partial charge in [0, 0.05) is 87.7 Å². The molecule has 74 heavy (non-hydrogen) atoms. The molecule has 0 spiro atoms. The first-order valence-corrected chi connectivity index (χ1v) is 27.5. The second-order valence-corrected chi connectivity index (χ2v) is 22.7. The average molecular weight is 1050 g/mol. The molecule has 0 bridgehead atoms. The van der Waals surface area contributed by atoms with Crippen LogP contribution in [0.15, 0.2) is 77.3 Å². The Bertz CT molecular complexity index is 2700. The fraction of sp³-hybridized carbons (Fsp3) is 0.566. The van der Waals surface area contributed by atoms with Gasteiger partial charge in [-0.1, -0.05) is 73.6 Å². The maximum atomic E-state index is 14.5. The smallest absolute Gasteiger partial charge is 0.248 e. The van der Waals surface area contributed by atoms with Gasteiger partial charge in [0.2, 0.25) is 17.7 Å². The number of nitrogens with zero attached hydrogens (tertiary/aromatic N) is 12. The molecule has 9 rings (SSSR count). The molecule has 4 saturated heterocycles. The summed E-state index contributed by atoms with van der Waals surface area (Å²) in [6.07, 6.45) is 13.2. The lowest BCUT2D eigenvalue weighted by molar-refractivity contribution is -0.142. The molecule has 0 radical (unpaired) electrons. The zero-order valence-corrected chi connectivity index (χ0v) is 44.9. The summed E-state index contributed by atoms with van der Waals surface area (Å²) >= 11 is 8.41. The number of hydrogen-bond donors (Lipinski definition) is 4. The lowest BCUT2D eigenvalue weighted by Crippen LogP contribution is -2.51. The second-order valence-electron chi connectivity index (χ2n) is 21.2. The number of carbonyl (C=O) groups is 3. The van der Waals surface area contributed by atoms with Gasteiger partial charge in [-0.05, 0) is 107 Å². The van der Waals surface area contributed by atoms with Gasteiger partial charge < -0.3 is 41.1 Å². The van der Waals surface area contributed by atoms with E-state index in [9.17, 15) is 19.5 Å².